The van der Waals surface area contributed by atoms with E-state index in [2.05, 4.69) is 4.28 Å². The molecule has 0 fully saturated rings. The Labute approximate surface area is 121 Å². The number of rotatable bonds is 5. The molecular formula is C11H9N2O7S-. The van der Waals surface area contributed by atoms with Crippen LogP contribution in [0.2, 0.25) is 0 Å². The minimum absolute atomic E-state index is 0.00844. The lowest BCUT2D eigenvalue weighted by Gasteiger charge is -2.20. The molecule has 1 aromatic rings. The summed E-state index contributed by atoms with van der Waals surface area (Å²) < 4.78 is 25.5. The van der Waals surface area contributed by atoms with Gasteiger partial charge >= 0.3 is 5.97 Å². The van der Waals surface area contributed by atoms with Crippen LogP contribution in [-0.2, 0) is 20.4 Å². The van der Waals surface area contributed by atoms with Crippen molar-refractivity contribution in [1.82, 2.24) is 4.90 Å². The molecule has 112 valence electrons. The fourth-order valence-corrected chi connectivity index (χ4v) is 2.25. The first-order valence-electron chi connectivity index (χ1n) is 5.55. The molecule has 0 saturated heterocycles. The van der Waals surface area contributed by atoms with Crippen LogP contribution in [0.3, 0.4) is 0 Å². The number of nitrogens with zero attached hydrogens (tertiary/aromatic N) is 2. The van der Waals surface area contributed by atoms with Crippen molar-refractivity contribution >= 4 is 34.8 Å². The fourth-order valence-electron chi connectivity index (χ4n) is 1.99. The zero-order chi connectivity index (χ0) is 15.7. The molecule has 0 saturated carbocycles. The molecule has 1 N–H and O–H groups in total. The summed E-state index contributed by atoms with van der Waals surface area (Å²) in [5, 5.41) is 9.53. The molecule has 2 rings (SSSR count). The summed E-state index contributed by atoms with van der Waals surface area (Å²) in [6, 6.07) is 4.15. The first-order chi connectivity index (χ1) is 9.82. The van der Waals surface area contributed by atoms with Gasteiger partial charge in [-0.1, -0.05) is 6.07 Å². The maximum Gasteiger partial charge on any atom is 0.323 e. The maximum absolute atomic E-state index is 12.2. The van der Waals surface area contributed by atoms with Crippen LogP contribution in [0.5, 0.6) is 0 Å². The third kappa shape index (κ3) is 2.77. The fraction of sp³-hybridized carbons (Fsp3) is 0.182. The van der Waals surface area contributed by atoms with Gasteiger partial charge in [0.15, 0.2) is 0 Å². The topological polar surface area (TPSA) is 127 Å². The SMILES string of the molecule is CN(OS(=O)[O-])c1cccc2c1C(=O)N(CC(=O)O)C2=O. The Balaban J connectivity index is 2.45. The minimum atomic E-state index is -2.86. The third-order valence-corrected chi connectivity index (χ3v) is 3.13. The van der Waals surface area contributed by atoms with Gasteiger partial charge in [-0.05, 0) is 12.1 Å². The van der Waals surface area contributed by atoms with E-state index in [1.54, 1.807) is 0 Å². The third-order valence-electron chi connectivity index (χ3n) is 2.78. The van der Waals surface area contributed by atoms with Gasteiger partial charge in [0.2, 0.25) is 0 Å². The second kappa shape index (κ2) is 5.60. The Kier molecular flexibility index (Phi) is 4.02. The van der Waals surface area contributed by atoms with E-state index in [9.17, 15) is 23.1 Å². The number of hydrogen-bond acceptors (Lipinski definition) is 7. The van der Waals surface area contributed by atoms with Gasteiger partial charge in [-0.25, -0.2) is 9.27 Å². The second-order valence-electron chi connectivity index (χ2n) is 4.07. The predicted octanol–water partition coefficient (Wildman–Crippen LogP) is -0.471. The van der Waals surface area contributed by atoms with Crippen molar-refractivity contribution in [2.45, 2.75) is 0 Å². The van der Waals surface area contributed by atoms with E-state index in [1.807, 2.05) is 0 Å². The second-order valence-corrected chi connectivity index (χ2v) is 4.62. The summed E-state index contributed by atoms with van der Waals surface area (Å²) in [5.41, 5.74) is -0.0643. The summed E-state index contributed by atoms with van der Waals surface area (Å²) in [5.74, 6) is -2.91. The van der Waals surface area contributed by atoms with Crippen molar-refractivity contribution in [3.05, 3.63) is 29.3 Å². The predicted molar refractivity (Wildman–Crippen MR) is 67.9 cm³/mol. The number of carboxylic acids is 1. The quantitative estimate of drug-likeness (QED) is 0.439. The van der Waals surface area contributed by atoms with Gasteiger partial charge in [0.25, 0.3) is 11.8 Å². The van der Waals surface area contributed by atoms with Crippen LogP contribution in [0.4, 0.5) is 5.69 Å². The highest BCUT2D eigenvalue weighted by Crippen LogP contribution is 2.31. The lowest BCUT2D eigenvalue weighted by Crippen LogP contribution is -2.35. The van der Waals surface area contributed by atoms with E-state index in [0.29, 0.717) is 4.90 Å². The molecule has 1 unspecified atom stereocenters. The van der Waals surface area contributed by atoms with Gasteiger partial charge in [-0.2, -0.15) is 4.28 Å². The molecule has 0 radical (unpaired) electrons. The molecule has 9 nitrogen and oxygen atoms in total. The highest BCUT2D eigenvalue weighted by atomic mass is 32.2. The molecule has 1 heterocycles. The highest BCUT2D eigenvalue weighted by Gasteiger charge is 2.39. The van der Waals surface area contributed by atoms with E-state index in [0.717, 1.165) is 5.06 Å². The standard InChI is InChI=1S/C11H10N2O7S/c1-12(20-21(18)19)7-4-2-3-6-9(7)11(17)13(10(6)16)5-8(14)15/h2-4H,5H2,1H3,(H,14,15)(H,18,19)/p-1. The van der Waals surface area contributed by atoms with Crippen LogP contribution in [0, 0.1) is 0 Å². The van der Waals surface area contributed by atoms with Crippen LogP contribution in [0.15, 0.2) is 18.2 Å². The van der Waals surface area contributed by atoms with Crippen molar-refractivity contribution in [2.24, 2.45) is 0 Å². The van der Waals surface area contributed by atoms with E-state index in [1.165, 1.54) is 25.2 Å². The van der Waals surface area contributed by atoms with Crippen molar-refractivity contribution in [1.29, 1.82) is 0 Å². The Morgan fingerprint density at radius 3 is 2.67 bits per heavy atom. The minimum Gasteiger partial charge on any atom is -0.748 e. The number of aliphatic carboxylic acids is 1. The number of imide groups is 1. The van der Waals surface area contributed by atoms with Gasteiger partial charge in [0, 0.05) is 7.05 Å². The molecule has 0 spiro atoms. The Morgan fingerprint density at radius 2 is 2.10 bits per heavy atom. The van der Waals surface area contributed by atoms with Gasteiger partial charge in [0.05, 0.1) is 16.8 Å². The summed E-state index contributed by atoms with van der Waals surface area (Å²) in [7, 11) is 1.24. The number of hydroxylamine groups is 1. The Bertz CT molecular complexity index is 660. The van der Waals surface area contributed by atoms with Crippen LogP contribution < -0.4 is 5.06 Å². The average Bonchev–Trinajstić information content (AvgIpc) is 2.63. The van der Waals surface area contributed by atoms with Crippen LogP contribution in [0.1, 0.15) is 20.7 Å². The van der Waals surface area contributed by atoms with Crippen molar-refractivity contribution in [3.8, 4) is 0 Å². The maximum atomic E-state index is 12.2. The molecule has 21 heavy (non-hydrogen) atoms. The first-order valence-corrected chi connectivity index (χ1v) is 6.55. The molecule has 2 amide bonds. The zero-order valence-corrected chi connectivity index (χ0v) is 11.5. The van der Waals surface area contributed by atoms with Crippen LogP contribution in [-0.4, -0.2) is 50.1 Å². The van der Waals surface area contributed by atoms with E-state index in [4.69, 9.17) is 5.11 Å². The van der Waals surface area contributed by atoms with Crippen molar-refractivity contribution < 1.29 is 32.5 Å². The zero-order valence-electron chi connectivity index (χ0n) is 10.6. The summed E-state index contributed by atoms with van der Waals surface area (Å²) in [6.45, 7) is -0.774. The smallest absolute Gasteiger partial charge is 0.323 e. The molecule has 1 aliphatic rings. The Morgan fingerprint density at radius 1 is 1.43 bits per heavy atom. The number of carbonyl (C=O) groups excluding carboxylic acids is 2. The molecular weight excluding hydrogens is 304 g/mol. The number of benzene rings is 1. The lowest BCUT2D eigenvalue weighted by atomic mass is 10.1. The van der Waals surface area contributed by atoms with Gasteiger partial charge in [-0.3, -0.25) is 19.3 Å². The number of hydrogen-bond donors (Lipinski definition) is 1. The normalized spacial score (nSPS) is 15.0. The van der Waals surface area contributed by atoms with Gasteiger partial charge < -0.3 is 9.66 Å². The number of carboxylic acid groups (broad SMARTS) is 1. The number of amides is 2. The van der Waals surface area contributed by atoms with E-state index in [-0.39, 0.29) is 16.8 Å². The van der Waals surface area contributed by atoms with E-state index >= 15 is 0 Å². The summed E-state index contributed by atoms with van der Waals surface area (Å²) in [4.78, 5) is 35.4. The lowest BCUT2D eigenvalue weighted by molar-refractivity contribution is -0.137. The van der Waals surface area contributed by atoms with Gasteiger partial charge in [-0.15, -0.1) is 0 Å². The number of fused-ring (bicyclic) bond motifs is 1. The Hall–Kier alpha value is -2.30. The largest absolute Gasteiger partial charge is 0.748 e. The first kappa shape index (κ1) is 15.1. The van der Waals surface area contributed by atoms with Crippen molar-refractivity contribution in [3.63, 3.8) is 0 Å². The molecule has 1 atom stereocenters. The average molecular weight is 313 g/mol. The molecule has 1 aromatic carbocycles. The molecule has 10 heteroatoms. The van der Waals surface area contributed by atoms with Crippen LogP contribution in [0.25, 0.3) is 0 Å². The highest BCUT2D eigenvalue weighted by molar-refractivity contribution is 7.74. The van der Waals surface area contributed by atoms with Crippen LogP contribution >= 0.6 is 0 Å². The summed E-state index contributed by atoms with van der Waals surface area (Å²) in [6.07, 6.45) is 0. The molecule has 0 aliphatic carbocycles. The number of anilines is 1. The molecule has 0 aromatic heterocycles. The van der Waals surface area contributed by atoms with Gasteiger partial charge in [0.1, 0.15) is 17.9 Å². The number of carbonyl (C=O) groups is 3. The monoisotopic (exact) mass is 313 g/mol. The van der Waals surface area contributed by atoms with E-state index < -0.39 is 35.7 Å². The van der Waals surface area contributed by atoms with Crippen molar-refractivity contribution in [2.75, 3.05) is 18.7 Å². The molecule has 1 aliphatic heterocycles. The molecule has 0 bridgehead atoms. The summed E-state index contributed by atoms with van der Waals surface area (Å²) >= 11 is -2.86.